The number of nitrogens with one attached hydrogen (secondary N) is 1. The lowest BCUT2D eigenvalue weighted by molar-refractivity contribution is -0.384. The van der Waals surface area contributed by atoms with E-state index in [1.807, 2.05) is 18.2 Å². The minimum Gasteiger partial charge on any atom is -0.385 e. The number of hydrogen-bond acceptors (Lipinski definition) is 4. The van der Waals surface area contributed by atoms with Crippen LogP contribution in [-0.4, -0.2) is 17.3 Å². The Labute approximate surface area is 116 Å². The molecule has 0 aromatic heterocycles. The Bertz CT molecular complexity index is 594. The minimum absolute atomic E-state index is 0.0518. The second kappa shape index (κ2) is 6.47. The molecule has 2 aromatic carbocycles. The maximum absolute atomic E-state index is 11.8. The third-order valence-electron chi connectivity index (χ3n) is 2.86. The summed E-state index contributed by atoms with van der Waals surface area (Å²) < 4.78 is 0. The van der Waals surface area contributed by atoms with E-state index in [0.29, 0.717) is 18.5 Å². The molecule has 0 bridgehead atoms. The Kier molecular flexibility index (Phi) is 4.44. The van der Waals surface area contributed by atoms with Crippen LogP contribution in [0, 0.1) is 10.1 Å². The van der Waals surface area contributed by atoms with Crippen LogP contribution in [-0.2, 0) is 0 Å². The highest BCUT2D eigenvalue weighted by Crippen LogP contribution is 2.15. The van der Waals surface area contributed by atoms with Crippen molar-refractivity contribution in [3.05, 3.63) is 70.3 Å². The largest absolute Gasteiger partial charge is 0.385 e. The number of rotatable bonds is 6. The van der Waals surface area contributed by atoms with Crippen LogP contribution >= 0.6 is 0 Å². The zero-order valence-electron chi connectivity index (χ0n) is 10.8. The van der Waals surface area contributed by atoms with E-state index in [-0.39, 0.29) is 11.5 Å². The van der Waals surface area contributed by atoms with Gasteiger partial charge in [-0.2, -0.15) is 0 Å². The van der Waals surface area contributed by atoms with Gasteiger partial charge in [0.05, 0.1) is 4.92 Å². The number of benzene rings is 2. The Hall–Kier alpha value is -2.69. The summed E-state index contributed by atoms with van der Waals surface area (Å²) >= 11 is 0. The van der Waals surface area contributed by atoms with E-state index >= 15 is 0 Å². The molecule has 0 fully saturated rings. The summed E-state index contributed by atoms with van der Waals surface area (Å²) in [4.78, 5) is 21.9. The SMILES string of the molecule is O=C(CCNc1ccc([N+](=O)[O-])cc1)c1ccccc1. The number of nitrogens with zero attached hydrogens (tertiary/aromatic N) is 1. The molecular formula is C15H14N2O3. The summed E-state index contributed by atoms with van der Waals surface area (Å²) in [6.07, 6.45) is 0.376. The quantitative estimate of drug-likeness (QED) is 0.496. The van der Waals surface area contributed by atoms with Gasteiger partial charge >= 0.3 is 0 Å². The lowest BCUT2D eigenvalue weighted by atomic mass is 10.1. The molecule has 0 saturated carbocycles. The molecule has 2 rings (SSSR count). The summed E-state index contributed by atoms with van der Waals surface area (Å²) in [5.74, 6) is 0.0695. The second-order valence-electron chi connectivity index (χ2n) is 4.27. The summed E-state index contributed by atoms with van der Waals surface area (Å²) in [5.41, 5.74) is 1.50. The molecule has 5 heteroatoms. The molecule has 0 heterocycles. The number of Topliss-reactive ketones (excluding diaryl/α,β-unsaturated/α-hetero) is 1. The van der Waals surface area contributed by atoms with Crippen molar-refractivity contribution in [3.8, 4) is 0 Å². The highest BCUT2D eigenvalue weighted by atomic mass is 16.6. The van der Waals surface area contributed by atoms with Gasteiger partial charge in [-0.3, -0.25) is 14.9 Å². The van der Waals surface area contributed by atoms with Crippen molar-refractivity contribution in [2.75, 3.05) is 11.9 Å². The standard InChI is InChI=1S/C15H14N2O3/c18-15(12-4-2-1-3-5-12)10-11-16-13-6-8-14(9-7-13)17(19)20/h1-9,16H,10-11H2. The molecular weight excluding hydrogens is 256 g/mol. The van der Waals surface area contributed by atoms with Crippen LogP contribution in [0.25, 0.3) is 0 Å². The van der Waals surface area contributed by atoms with Gasteiger partial charge in [-0.25, -0.2) is 0 Å². The van der Waals surface area contributed by atoms with Gasteiger partial charge in [0.25, 0.3) is 5.69 Å². The number of carbonyl (C=O) groups is 1. The van der Waals surface area contributed by atoms with E-state index in [0.717, 1.165) is 5.69 Å². The highest BCUT2D eigenvalue weighted by molar-refractivity contribution is 5.96. The Morgan fingerprint density at radius 2 is 1.70 bits per heavy atom. The number of hydrogen-bond donors (Lipinski definition) is 1. The Morgan fingerprint density at radius 1 is 1.05 bits per heavy atom. The molecule has 0 spiro atoms. The smallest absolute Gasteiger partial charge is 0.269 e. The number of non-ortho nitro benzene ring substituents is 1. The molecule has 2 aromatic rings. The van der Waals surface area contributed by atoms with E-state index in [2.05, 4.69) is 5.32 Å². The average molecular weight is 270 g/mol. The van der Waals surface area contributed by atoms with Crippen molar-refractivity contribution in [2.45, 2.75) is 6.42 Å². The third-order valence-corrected chi connectivity index (χ3v) is 2.86. The van der Waals surface area contributed by atoms with Gasteiger partial charge in [-0.1, -0.05) is 30.3 Å². The highest BCUT2D eigenvalue weighted by Gasteiger charge is 2.06. The molecule has 0 unspecified atom stereocenters. The second-order valence-corrected chi connectivity index (χ2v) is 4.27. The number of nitro groups is 1. The molecule has 20 heavy (non-hydrogen) atoms. The van der Waals surface area contributed by atoms with Crippen LogP contribution in [0.5, 0.6) is 0 Å². The van der Waals surface area contributed by atoms with Crippen molar-refractivity contribution in [1.29, 1.82) is 0 Å². The monoisotopic (exact) mass is 270 g/mol. The van der Waals surface area contributed by atoms with Gasteiger partial charge in [-0.15, -0.1) is 0 Å². The maximum atomic E-state index is 11.8. The zero-order valence-corrected chi connectivity index (χ0v) is 10.8. The van der Waals surface area contributed by atoms with Gasteiger partial charge in [-0.05, 0) is 12.1 Å². The van der Waals surface area contributed by atoms with Crippen LogP contribution in [0.4, 0.5) is 11.4 Å². The average Bonchev–Trinajstić information content (AvgIpc) is 2.48. The fourth-order valence-electron chi connectivity index (χ4n) is 1.79. The zero-order chi connectivity index (χ0) is 14.4. The summed E-state index contributed by atoms with van der Waals surface area (Å²) in [5, 5.41) is 13.6. The van der Waals surface area contributed by atoms with Crippen LogP contribution in [0.15, 0.2) is 54.6 Å². The molecule has 1 N–H and O–H groups in total. The predicted octanol–water partition coefficient (Wildman–Crippen LogP) is 3.28. The summed E-state index contributed by atoms with van der Waals surface area (Å²) in [7, 11) is 0. The fraction of sp³-hybridized carbons (Fsp3) is 0.133. The van der Waals surface area contributed by atoms with Crippen LogP contribution in [0.2, 0.25) is 0 Å². The van der Waals surface area contributed by atoms with Gasteiger partial charge in [0.1, 0.15) is 0 Å². The molecule has 0 saturated heterocycles. The Morgan fingerprint density at radius 3 is 2.30 bits per heavy atom. The molecule has 0 amide bonds. The molecule has 102 valence electrons. The summed E-state index contributed by atoms with van der Waals surface area (Å²) in [6, 6.07) is 15.2. The van der Waals surface area contributed by atoms with Crippen LogP contribution in [0.3, 0.4) is 0 Å². The van der Waals surface area contributed by atoms with Crippen molar-refractivity contribution in [2.24, 2.45) is 0 Å². The van der Waals surface area contributed by atoms with Gasteiger partial charge in [0, 0.05) is 36.3 Å². The normalized spacial score (nSPS) is 10.0. The number of anilines is 1. The molecule has 0 atom stereocenters. The minimum atomic E-state index is -0.442. The molecule has 0 aliphatic carbocycles. The van der Waals surface area contributed by atoms with E-state index in [1.165, 1.54) is 12.1 Å². The van der Waals surface area contributed by atoms with Crippen molar-refractivity contribution in [1.82, 2.24) is 0 Å². The van der Waals surface area contributed by atoms with E-state index in [1.54, 1.807) is 24.3 Å². The first-order valence-electron chi connectivity index (χ1n) is 6.23. The van der Waals surface area contributed by atoms with E-state index in [9.17, 15) is 14.9 Å². The third kappa shape index (κ3) is 3.65. The van der Waals surface area contributed by atoms with E-state index in [4.69, 9.17) is 0 Å². The molecule has 5 nitrogen and oxygen atoms in total. The summed E-state index contributed by atoms with van der Waals surface area (Å²) in [6.45, 7) is 0.492. The first kappa shape index (κ1) is 13.7. The lowest BCUT2D eigenvalue weighted by Gasteiger charge is -2.05. The predicted molar refractivity (Wildman–Crippen MR) is 77.0 cm³/mol. The first-order valence-corrected chi connectivity index (χ1v) is 6.23. The molecule has 0 radical (unpaired) electrons. The van der Waals surface area contributed by atoms with Gasteiger partial charge < -0.3 is 5.32 Å². The number of nitro benzene ring substituents is 1. The van der Waals surface area contributed by atoms with Gasteiger partial charge in [0.15, 0.2) is 5.78 Å². The van der Waals surface area contributed by atoms with Crippen LogP contribution < -0.4 is 5.32 Å². The van der Waals surface area contributed by atoms with Gasteiger partial charge in [0.2, 0.25) is 0 Å². The van der Waals surface area contributed by atoms with Crippen molar-refractivity contribution < 1.29 is 9.72 Å². The molecule has 0 aliphatic heterocycles. The lowest BCUT2D eigenvalue weighted by Crippen LogP contribution is -2.08. The topological polar surface area (TPSA) is 72.2 Å². The molecule has 0 aliphatic rings. The van der Waals surface area contributed by atoms with E-state index < -0.39 is 4.92 Å². The number of carbonyl (C=O) groups excluding carboxylic acids is 1. The van der Waals surface area contributed by atoms with Crippen molar-refractivity contribution in [3.63, 3.8) is 0 Å². The first-order chi connectivity index (χ1) is 9.66. The number of ketones is 1. The van der Waals surface area contributed by atoms with Crippen molar-refractivity contribution >= 4 is 17.2 Å². The fourth-order valence-corrected chi connectivity index (χ4v) is 1.79. The maximum Gasteiger partial charge on any atom is 0.269 e. The Balaban J connectivity index is 1.84. The van der Waals surface area contributed by atoms with Crippen LogP contribution in [0.1, 0.15) is 16.8 Å².